The Bertz CT molecular complexity index is 673. The van der Waals surface area contributed by atoms with Crippen LogP contribution in [0.1, 0.15) is 11.1 Å². The van der Waals surface area contributed by atoms with E-state index < -0.39 is 4.92 Å². The lowest BCUT2D eigenvalue weighted by molar-refractivity contribution is -0.384. The largest absolute Gasteiger partial charge is 0.493 e. The number of hydrogen-bond donors (Lipinski definition) is 0. The molecule has 0 aromatic heterocycles. The molecule has 2 aromatic carbocycles. The normalized spacial score (nSPS) is 10.2. The lowest BCUT2D eigenvalue weighted by Gasteiger charge is -2.12. The quantitative estimate of drug-likeness (QED) is 0.465. The first-order chi connectivity index (χ1) is 10.0. The Morgan fingerprint density at radius 2 is 1.86 bits per heavy atom. The predicted molar refractivity (Wildman–Crippen MR) is 80.5 cm³/mol. The molecule has 0 aliphatic heterocycles. The number of nitrogens with zero attached hydrogens (tertiary/aromatic N) is 1. The van der Waals surface area contributed by atoms with Gasteiger partial charge in [-0.05, 0) is 30.2 Å². The van der Waals surface area contributed by atoms with E-state index in [1.165, 1.54) is 25.3 Å². The number of hydrogen-bond acceptors (Lipinski definition) is 4. The molecule has 0 fully saturated rings. The van der Waals surface area contributed by atoms with Crippen molar-refractivity contribution >= 4 is 17.3 Å². The monoisotopic (exact) mass is 307 g/mol. The fourth-order valence-electron chi connectivity index (χ4n) is 1.88. The molecule has 2 rings (SSSR count). The molecule has 0 atom stereocenters. The standard InChI is InChI=1S/C15H14ClNO4/c1-10-7-11(9-16)3-5-13(10)21-14-6-4-12(17(18)19)8-15(14)20-2/h3-8H,9H2,1-2H3. The smallest absolute Gasteiger partial charge is 0.273 e. The van der Waals surface area contributed by atoms with Crippen LogP contribution in [-0.2, 0) is 5.88 Å². The number of non-ortho nitro benzene ring substituents is 1. The van der Waals surface area contributed by atoms with E-state index >= 15 is 0 Å². The number of methoxy groups -OCH3 is 1. The summed E-state index contributed by atoms with van der Waals surface area (Å²) in [7, 11) is 1.44. The van der Waals surface area contributed by atoms with Crippen molar-refractivity contribution in [1.29, 1.82) is 0 Å². The van der Waals surface area contributed by atoms with Crippen LogP contribution in [0.4, 0.5) is 5.69 Å². The van der Waals surface area contributed by atoms with Gasteiger partial charge in [0.05, 0.1) is 18.1 Å². The Hall–Kier alpha value is -2.27. The third-order valence-corrected chi connectivity index (χ3v) is 3.28. The predicted octanol–water partition coefficient (Wildman–Crippen LogP) is 4.44. The van der Waals surface area contributed by atoms with Gasteiger partial charge in [0.25, 0.3) is 5.69 Å². The lowest BCUT2D eigenvalue weighted by Crippen LogP contribution is -1.95. The van der Waals surface area contributed by atoms with Crippen LogP contribution in [0.25, 0.3) is 0 Å². The highest BCUT2D eigenvalue weighted by Gasteiger charge is 2.13. The Kier molecular flexibility index (Phi) is 4.65. The van der Waals surface area contributed by atoms with E-state index in [-0.39, 0.29) is 5.69 Å². The molecule has 2 aromatic rings. The Labute approximate surface area is 127 Å². The molecular weight excluding hydrogens is 294 g/mol. The molecule has 0 bridgehead atoms. The van der Waals surface area contributed by atoms with Crippen molar-refractivity contribution in [2.45, 2.75) is 12.8 Å². The number of nitro benzene ring substituents is 1. The number of alkyl halides is 1. The van der Waals surface area contributed by atoms with Crippen LogP contribution >= 0.6 is 11.6 Å². The van der Waals surface area contributed by atoms with E-state index in [4.69, 9.17) is 21.1 Å². The maximum absolute atomic E-state index is 10.8. The van der Waals surface area contributed by atoms with Gasteiger partial charge in [-0.3, -0.25) is 10.1 Å². The van der Waals surface area contributed by atoms with Crippen LogP contribution in [-0.4, -0.2) is 12.0 Å². The molecule has 0 unspecified atom stereocenters. The molecule has 0 aliphatic carbocycles. The SMILES string of the molecule is COc1cc([N+](=O)[O-])ccc1Oc1ccc(CCl)cc1C. The molecule has 0 spiro atoms. The van der Waals surface area contributed by atoms with Gasteiger partial charge in [0.1, 0.15) is 5.75 Å². The van der Waals surface area contributed by atoms with Gasteiger partial charge in [-0.25, -0.2) is 0 Å². The first-order valence-electron chi connectivity index (χ1n) is 6.21. The molecular formula is C15H14ClNO4. The van der Waals surface area contributed by atoms with Crippen LogP contribution in [0.15, 0.2) is 36.4 Å². The minimum absolute atomic E-state index is 0.0478. The summed E-state index contributed by atoms with van der Waals surface area (Å²) in [6.07, 6.45) is 0. The average molecular weight is 308 g/mol. The third kappa shape index (κ3) is 3.44. The topological polar surface area (TPSA) is 61.6 Å². The van der Waals surface area contributed by atoms with Crippen molar-refractivity contribution in [2.75, 3.05) is 7.11 Å². The fraction of sp³-hybridized carbons (Fsp3) is 0.200. The van der Waals surface area contributed by atoms with Crippen molar-refractivity contribution in [2.24, 2.45) is 0 Å². The van der Waals surface area contributed by atoms with Crippen LogP contribution in [0.2, 0.25) is 0 Å². The van der Waals surface area contributed by atoms with Gasteiger partial charge in [0.15, 0.2) is 11.5 Å². The summed E-state index contributed by atoms with van der Waals surface area (Å²) in [4.78, 5) is 10.3. The van der Waals surface area contributed by atoms with E-state index in [1.54, 1.807) is 0 Å². The zero-order chi connectivity index (χ0) is 15.4. The summed E-state index contributed by atoms with van der Waals surface area (Å²) in [6.45, 7) is 1.91. The molecule has 6 heteroatoms. The van der Waals surface area contributed by atoms with Gasteiger partial charge in [-0.2, -0.15) is 0 Å². The molecule has 5 nitrogen and oxygen atoms in total. The van der Waals surface area contributed by atoms with Crippen LogP contribution in [0.5, 0.6) is 17.2 Å². The van der Waals surface area contributed by atoms with Crippen molar-refractivity contribution in [3.05, 3.63) is 57.6 Å². The molecule has 0 heterocycles. The first kappa shape index (κ1) is 15.1. The van der Waals surface area contributed by atoms with Crippen molar-refractivity contribution in [3.63, 3.8) is 0 Å². The highest BCUT2D eigenvalue weighted by Crippen LogP contribution is 2.35. The minimum atomic E-state index is -0.479. The molecule has 0 radical (unpaired) electrons. The summed E-state index contributed by atoms with van der Waals surface area (Å²) < 4.78 is 10.9. The lowest BCUT2D eigenvalue weighted by atomic mass is 10.1. The summed E-state index contributed by atoms with van der Waals surface area (Å²) in [5.41, 5.74) is 1.87. The van der Waals surface area contributed by atoms with Crippen molar-refractivity contribution in [3.8, 4) is 17.2 Å². The van der Waals surface area contributed by atoms with E-state index in [2.05, 4.69) is 0 Å². The van der Waals surface area contributed by atoms with E-state index in [1.807, 2.05) is 25.1 Å². The van der Waals surface area contributed by atoms with Gasteiger partial charge in [0.2, 0.25) is 0 Å². The molecule has 0 saturated heterocycles. The fourth-order valence-corrected chi connectivity index (χ4v) is 2.05. The Morgan fingerprint density at radius 1 is 1.14 bits per heavy atom. The number of benzene rings is 2. The Morgan fingerprint density at radius 3 is 2.43 bits per heavy atom. The van der Waals surface area contributed by atoms with Crippen molar-refractivity contribution in [1.82, 2.24) is 0 Å². The summed E-state index contributed by atoms with van der Waals surface area (Å²) in [5, 5.41) is 10.8. The Balaban J connectivity index is 2.33. The number of nitro groups is 1. The zero-order valence-corrected chi connectivity index (χ0v) is 12.4. The average Bonchev–Trinajstić information content (AvgIpc) is 2.49. The number of ether oxygens (including phenoxy) is 2. The van der Waals surface area contributed by atoms with E-state index in [0.29, 0.717) is 23.1 Å². The summed E-state index contributed by atoms with van der Waals surface area (Å²) >= 11 is 5.78. The number of aryl methyl sites for hydroxylation is 1. The molecule has 0 amide bonds. The van der Waals surface area contributed by atoms with Gasteiger partial charge in [-0.1, -0.05) is 12.1 Å². The number of rotatable bonds is 5. The van der Waals surface area contributed by atoms with Gasteiger partial charge < -0.3 is 9.47 Å². The van der Waals surface area contributed by atoms with Crippen LogP contribution in [0, 0.1) is 17.0 Å². The number of halogens is 1. The van der Waals surface area contributed by atoms with Gasteiger partial charge >= 0.3 is 0 Å². The second-order valence-corrected chi connectivity index (χ2v) is 4.70. The first-order valence-corrected chi connectivity index (χ1v) is 6.74. The highest BCUT2D eigenvalue weighted by molar-refractivity contribution is 6.17. The zero-order valence-electron chi connectivity index (χ0n) is 11.6. The van der Waals surface area contributed by atoms with Gasteiger partial charge in [-0.15, -0.1) is 11.6 Å². The van der Waals surface area contributed by atoms with Crippen LogP contribution in [0.3, 0.4) is 0 Å². The van der Waals surface area contributed by atoms with Crippen LogP contribution < -0.4 is 9.47 Å². The van der Waals surface area contributed by atoms with E-state index in [0.717, 1.165) is 11.1 Å². The second kappa shape index (κ2) is 6.45. The summed E-state index contributed by atoms with van der Waals surface area (Å²) in [6, 6.07) is 9.84. The van der Waals surface area contributed by atoms with Crippen molar-refractivity contribution < 1.29 is 14.4 Å². The minimum Gasteiger partial charge on any atom is -0.493 e. The molecule has 21 heavy (non-hydrogen) atoms. The molecule has 0 N–H and O–H groups in total. The molecule has 110 valence electrons. The highest BCUT2D eigenvalue weighted by atomic mass is 35.5. The second-order valence-electron chi connectivity index (χ2n) is 4.43. The van der Waals surface area contributed by atoms with Gasteiger partial charge in [0, 0.05) is 11.9 Å². The summed E-state index contributed by atoms with van der Waals surface area (Å²) in [5.74, 6) is 1.81. The molecule has 0 aliphatic rings. The van der Waals surface area contributed by atoms with E-state index in [9.17, 15) is 10.1 Å². The molecule has 0 saturated carbocycles. The third-order valence-electron chi connectivity index (χ3n) is 2.97. The maximum atomic E-state index is 10.8. The maximum Gasteiger partial charge on any atom is 0.273 e.